The van der Waals surface area contributed by atoms with Gasteiger partial charge in [0, 0.05) is 24.4 Å². The van der Waals surface area contributed by atoms with Gasteiger partial charge in [0.25, 0.3) is 0 Å². The van der Waals surface area contributed by atoms with E-state index in [2.05, 4.69) is 15.5 Å². The van der Waals surface area contributed by atoms with E-state index in [0.717, 1.165) is 29.3 Å². The minimum Gasteiger partial charge on any atom is -0.350 e. The van der Waals surface area contributed by atoms with Crippen molar-refractivity contribution in [2.45, 2.75) is 25.3 Å². The second kappa shape index (κ2) is 5.12. The summed E-state index contributed by atoms with van der Waals surface area (Å²) in [4.78, 5) is 25.7. The van der Waals surface area contributed by atoms with Crippen LogP contribution in [0.3, 0.4) is 0 Å². The maximum atomic E-state index is 12.1. The molecule has 1 aliphatic heterocycles. The number of fused-ring (bicyclic) bond motifs is 1. The first kappa shape index (κ1) is 13.3. The molecule has 0 unspecified atom stereocenters. The molecule has 1 saturated heterocycles. The highest BCUT2D eigenvalue weighted by molar-refractivity contribution is 5.84. The molecule has 1 saturated carbocycles. The van der Waals surface area contributed by atoms with Crippen LogP contribution in [0.15, 0.2) is 24.4 Å². The molecule has 0 radical (unpaired) electrons. The highest BCUT2D eigenvalue weighted by Gasteiger charge is 2.39. The molecule has 0 spiro atoms. The van der Waals surface area contributed by atoms with E-state index in [1.54, 1.807) is 6.20 Å². The fourth-order valence-electron chi connectivity index (χ4n) is 2.90. The third kappa shape index (κ3) is 2.56. The maximum Gasteiger partial charge on any atom is 0.225 e. The summed E-state index contributed by atoms with van der Waals surface area (Å²) in [7, 11) is 0. The van der Waals surface area contributed by atoms with Crippen LogP contribution in [-0.4, -0.2) is 46.0 Å². The third-order valence-corrected chi connectivity index (χ3v) is 4.35. The molecular weight excluding hydrogens is 280 g/mol. The van der Waals surface area contributed by atoms with Gasteiger partial charge < -0.3 is 10.2 Å². The Morgan fingerprint density at radius 3 is 2.91 bits per heavy atom. The Bertz CT molecular complexity index is 729. The maximum absolute atomic E-state index is 12.1. The largest absolute Gasteiger partial charge is 0.350 e. The van der Waals surface area contributed by atoms with Crippen LogP contribution in [0.4, 0.5) is 0 Å². The quantitative estimate of drug-likeness (QED) is 0.878. The van der Waals surface area contributed by atoms with Crippen molar-refractivity contribution < 1.29 is 9.59 Å². The molecule has 2 aromatic rings. The molecule has 6 nitrogen and oxygen atoms in total. The average molecular weight is 298 g/mol. The van der Waals surface area contributed by atoms with E-state index < -0.39 is 0 Å². The lowest BCUT2D eigenvalue weighted by Gasteiger charge is -2.39. The first-order valence-corrected chi connectivity index (χ1v) is 7.69. The van der Waals surface area contributed by atoms with Gasteiger partial charge in [-0.2, -0.15) is 5.10 Å². The molecule has 114 valence electrons. The number of aromatic nitrogens is 2. The Balaban J connectivity index is 1.29. The number of rotatable bonds is 4. The number of carbonyl (C=O) groups excluding carboxylic acids is 2. The standard InChI is InChI=1S/C16H18N4O2/c21-15(6-10-1-4-14-12(5-10)7-17-19-14)18-13-8-20(9-13)16(22)11-2-3-11/h1,4-5,7,11,13H,2-3,6,8-9H2,(H,17,19)(H,18,21). The summed E-state index contributed by atoms with van der Waals surface area (Å²) >= 11 is 0. The van der Waals surface area contributed by atoms with Crippen LogP contribution in [0.1, 0.15) is 18.4 Å². The smallest absolute Gasteiger partial charge is 0.225 e. The van der Waals surface area contributed by atoms with Crippen LogP contribution in [0, 0.1) is 5.92 Å². The number of nitrogens with zero attached hydrogens (tertiary/aromatic N) is 2. The number of nitrogens with one attached hydrogen (secondary N) is 2. The van der Waals surface area contributed by atoms with Crippen molar-refractivity contribution in [3.05, 3.63) is 30.0 Å². The number of likely N-dealkylation sites (tertiary alicyclic amines) is 1. The summed E-state index contributed by atoms with van der Waals surface area (Å²) in [5.74, 6) is 0.528. The Labute approximate surface area is 127 Å². The zero-order valence-electron chi connectivity index (χ0n) is 12.2. The first-order chi connectivity index (χ1) is 10.7. The molecule has 1 aromatic carbocycles. The molecule has 0 bridgehead atoms. The molecule has 1 aliphatic carbocycles. The van der Waals surface area contributed by atoms with Crippen LogP contribution in [0.5, 0.6) is 0 Å². The van der Waals surface area contributed by atoms with Crippen molar-refractivity contribution in [3.63, 3.8) is 0 Å². The topological polar surface area (TPSA) is 78.1 Å². The summed E-state index contributed by atoms with van der Waals surface area (Å²) in [5.41, 5.74) is 1.94. The predicted molar refractivity (Wildman–Crippen MR) is 81.0 cm³/mol. The number of carbonyl (C=O) groups is 2. The highest BCUT2D eigenvalue weighted by atomic mass is 16.2. The van der Waals surface area contributed by atoms with Crippen molar-refractivity contribution >= 4 is 22.7 Å². The van der Waals surface area contributed by atoms with Crippen LogP contribution in [0.2, 0.25) is 0 Å². The minimum absolute atomic E-state index is 0.00589. The number of H-pyrrole nitrogens is 1. The molecule has 2 aliphatic rings. The molecule has 6 heteroatoms. The van der Waals surface area contributed by atoms with Crippen molar-refractivity contribution in [2.24, 2.45) is 5.92 Å². The number of amides is 2. The van der Waals surface area contributed by atoms with E-state index in [4.69, 9.17) is 0 Å². The zero-order valence-corrected chi connectivity index (χ0v) is 12.2. The number of aromatic amines is 1. The van der Waals surface area contributed by atoms with E-state index in [-0.39, 0.29) is 23.8 Å². The summed E-state index contributed by atoms with van der Waals surface area (Å²) in [6.45, 7) is 1.31. The lowest BCUT2D eigenvalue weighted by molar-refractivity contribution is -0.139. The number of benzene rings is 1. The molecule has 2 N–H and O–H groups in total. The van der Waals surface area contributed by atoms with Gasteiger partial charge in [0.15, 0.2) is 0 Å². The van der Waals surface area contributed by atoms with E-state index in [0.29, 0.717) is 19.5 Å². The van der Waals surface area contributed by atoms with E-state index >= 15 is 0 Å². The van der Waals surface area contributed by atoms with E-state index in [1.165, 1.54) is 0 Å². The number of hydrogen-bond acceptors (Lipinski definition) is 3. The third-order valence-electron chi connectivity index (χ3n) is 4.35. The number of hydrogen-bond donors (Lipinski definition) is 2. The first-order valence-electron chi connectivity index (χ1n) is 7.69. The van der Waals surface area contributed by atoms with Gasteiger partial charge in [-0.1, -0.05) is 6.07 Å². The van der Waals surface area contributed by atoms with Gasteiger partial charge in [0.2, 0.25) is 11.8 Å². The lowest BCUT2D eigenvalue weighted by atomic mass is 10.1. The summed E-state index contributed by atoms with van der Waals surface area (Å²) in [6, 6.07) is 5.95. The van der Waals surface area contributed by atoms with E-state index in [9.17, 15) is 9.59 Å². The van der Waals surface area contributed by atoms with E-state index in [1.807, 2.05) is 23.1 Å². The molecule has 2 fully saturated rings. The van der Waals surface area contributed by atoms with Gasteiger partial charge in [0.1, 0.15) is 0 Å². The molecule has 1 aromatic heterocycles. The van der Waals surface area contributed by atoms with Crippen molar-refractivity contribution in [3.8, 4) is 0 Å². The van der Waals surface area contributed by atoms with Gasteiger partial charge in [-0.05, 0) is 30.5 Å². The van der Waals surface area contributed by atoms with Crippen molar-refractivity contribution in [2.75, 3.05) is 13.1 Å². The normalized spacial score (nSPS) is 18.3. The SMILES string of the molecule is O=C(Cc1ccc2[nH]ncc2c1)NC1CN(C(=O)C2CC2)C1. The van der Waals surface area contributed by atoms with Gasteiger partial charge in [-0.25, -0.2) is 0 Å². The lowest BCUT2D eigenvalue weighted by Crippen LogP contribution is -2.61. The Hall–Kier alpha value is -2.37. The minimum atomic E-state index is 0.00589. The second-order valence-corrected chi connectivity index (χ2v) is 6.25. The highest BCUT2D eigenvalue weighted by Crippen LogP contribution is 2.32. The fourth-order valence-corrected chi connectivity index (χ4v) is 2.90. The molecular formula is C16H18N4O2. The van der Waals surface area contributed by atoms with Gasteiger partial charge in [-0.3, -0.25) is 14.7 Å². The fraction of sp³-hybridized carbons (Fsp3) is 0.438. The van der Waals surface area contributed by atoms with Crippen molar-refractivity contribution in [1.82, 2.24) is 20.4 Å². The predicted octanol–water partition coefficient (Wildman–Crippen LogP) is 0.842. The molecule has 22 heavy (non-hydrogen) atoms. The van der Waals surface area contributed by atoms with Crippen LogP contribution >= 0.6 is 0 Å². The van der Waals surface area contributed by atoms with Crippen LogP contribution in [0.25, 0.3) is 10.9 Å². The Kier molecular flexibility index (Phi) is 3.10. The molecule has 0 atom stereocenters. The van der Waals surface area contributed by atoms with Crippen LogP contribution < -0.4 is 5.32 Å². The van der Waals surface area contributed by atoms with Crippen molar-refractivity contribution in [1.29, 1.82) is 0 Å². The zero-order chi connectivity index (χ0) is 15.1. The summed E-state index contributed by atoms with van der Waals surface area (Å²) < 4.78 is 0. The monoisotopic (exact) mass is 298 g/mol. The molecule has 4 rings (SSSR count). The summed E-state index contributed by atoms with van der Waals surface area (Å²) in [5, 5.41) is 10.9. The Morgan fingerprint density at radius 2 is 2.14 bits per heavy atom. The summed E-state index contributed by atoms with van der Waals surface area (Å²) in [6.07, 6.45) is 4.17. The average Bonchev–Trinajstić information content (AvgIpc) is 3.20. The van der Waals surface area contributed by atoms with Gasteiger partial charge in [0.05, 0.1) is 24.2 Å². The van der Waals surface area contributed by atoms with Crippen LogP contribution in [-0.2, 0) is 16.0 Å². The Morgan fingerprint density at radius 1 is 1.32 bits per heavy atom. The molecule has 2 heterocycles. The second-order valence-electron chi connectivity index (χ2n) is 6.25. The molecule has 2 amide bonds. The van der Waals surface area contributed by atoms with Gasteiger partial charge in [-0.15, -0.1) is 0 Å². The van der Waals surface area contributed by atoms with Gasteiger partial charge >= 0.3 is 0 Å².